The molecule has 2 rings (SSSR count). The van der Waals surface area contributed by atoms with Gasteiger partial charge in [0, 0.05) is 13.2 Å². The zero-order valence-electron chi connectivity index (χ0n) is 7.56. The van der Waals surface area contributed by atoms with Crippen molar-refractivity contribution < 1.29 is 4.39 Å². The van der Waals surface area contributed by atoms with Gasteiger partial charge in [0.15, 0.2) is 0 Å². The predicted molar refractivity (Wildman–Crippen MR) is 53.5 cm³/mol. The molecule has 0 saturated carbocycles. The van der Waals surface area contributed by atoms with Gasteiger partial charge in [-0.1, -0.05) is 0 Å². The SMILES string of the molecule is C#Cc1nc2[nH]cc(F)c2cc1NC. The summed E-state index contributed by atoms with van der Waals surface area (Å²) in [6, 6.07) is 1.64. The third kappa shape index (κ3) is 1.11. The van der Waals surface area contributed by atoms with E-state index < -0.39 is 0 Å². The van der Waals surface area contributed by atoms with Crippen LogP contribution in [0, 0.1) is 18.2 Å². The molecule has 0 amide bonds. The highest BCUT2D eigenvalue weighted by atomic mass is 19.1. The Bertz CT molecular complexity index is 522. The zero-order chi connectivity index (χ0) is 10.1. The van der Waals surface area contributed by atoms with Gasteiger partial charge in [-0.05, 0) is 12.0 Å². The number of nitrogens with one attached hydrogen (secondary N) is 2. The van der Waals surface area contributed by atoms with Gasteiger partial charge in [-0.2, -0.15) is 0 Å². The molecule has 0 fully saturated rings. The summed E-state index contributed by atoms with van der Waals surface area (Å²) in [5, 5.41) is 3.31. The van der Waals surface area contributed by atoms with E-state index in [1.165, 1.54) is 6.20 Å². The first-order valence-corrected chi connectivity index (χ1v) is 4.08. The fraction of sp³-hybridized carbons (Fsp3) is 0.100. The van der Waals surface area contributed by atoms with E-state index in [1.54, 1.807) is 13.1 Å². The molecule has 0 aromatic carbocycles. The Morgan fingerprint density at radius 2 is 2.43 bits per heavy atom. The zero-order valence-corrected chi connectivity index (χ0v) is 7.56. The number of pyridine rings is 1. The van der Waals surface area contributed by atoms with Gasteiger partial charge in [-0.25, -0.2) is 9.37 Å². The summed E-state index contributed by atoms with van der Waals surface area (Å²) in [6.45, 7) is 0. The lowest BCUT2D eigenvalue weighted by molar-refractivity contribution is 0.639. The molecule has 0 aliphatic heterocycles. The topological polar surface area (TPSA) is 40.7 Å². The van der Waals surface area contributed by atoms with Crippen molar-refractivity contribution in [3.05, 3.63) is 23.8 Å². The Hall–Kier alpha value is -2.02. The number of hydrogen-bond donors (Lipinski definition) is 2. The minimum absolute atomic E-state index is 0.326. The Labute approximate surface area is 80.4 Å². The summed E-state index contributed by atoms with van der Waals surface area (Å²) in [4.78, 5) is 6.80. The number of aromatic nitrogens is 2. The highest BCUT2D eigenvalue weighted by Crippen LogP contribution is 2.21. The van der Waals surface area contributed by atoms with Gasteiger partial charge in [-0.15, -0.1) is 6.42 Å². The highest BCUT2D eigenvalue weighted by Gasteiger charge is 2.08. The quantitative estimate of drug-likeness (QED) is 0.670. The maximum absolute atomic E-state index is 13.1. The van der Waals surface area contributed by atoms with Crippen molar-refractivity contribution in [1.29, 1.82) is 0 Å². The summed E-state index contributed by atoms with van der Waals surface area (Å²) >= 11 is 0. The molecule has 0 aliphatic carbocycles. The molecule has 0 aliphatic rings. The van der Waals surface area contributed by atoms with Crippen LogP contribution in [0.4, 0.5) is 10.1 Å². The predicted octanol–water partition coefficient (Wildman–Crippen LogP) is 1.72. The number of terminal acetylenes is 1. The van der Waals surface area contributed by atoms with E-state index in [1.807, 2.05) is 0 Å². The summed E-state index contributed by atoms with van der Waals surface area (Å²) in [6.07, 6.45) is 6.53. The smallest absolute Gasteiger partial charge is 0.150 e. The van der Waals surface area contributed by atoms with Crippen molar-refractivity contribution in [2.75, 3.05) is 12.4 Å². The van der Waals surface area contributed by atoms with Crippen LogP contribution >= 0.6 is 0 Å². The number of H-pyrrole nitrogens is 1. The summed E-state index contributed by atoms with van der Waals surface area (Å²) in [7, 11) is 1.72. The lowest BCUT2D eigenvalue weighted by Crippen LogP contribution is -1.95. The fourth-order valence-corrected chi connectivity index (χ4v) is 1.32. The van der Waals surface area contributed by atoms with Crippen molar-refractivity contribution in [2.24, 2.45) is 0 Å². The minimum atomic E-state index is -0.326. The Kier molecular flexibility index (Phi) is 1.86. The lowest BCUT2D eigenvalue weighted by atomic mass is 10.2. The highest BCUT2D eigenvalue weighted by molar-refractivity contribution is 5.82. The molecule has 0 unspecified atom stereocenters. The first kappa shape index (κ1) is 8.57. The van der Waals surface area contributed by atoms with Crippen molar-refractivity contribution in [3.8, 4) is 12.3 Å². The number of anilines is 1. The number of fused-ring (bicyclic) bond motifs is 1. The van der Waals surface area contributed by atoms with Crippen LogP contribution in [0.1, 0.15) is 5.69 Å². The second-order valence-corrected chi connectivity index (χ2v) is 2.81. The second kappa shape index (κ2) is 3.04. The van der Waals surface area contributed by atoms with Gasteiger partial charge in [0.25, 0.3) is 0 Å². The molecule has 3 nitrogen and oxygen atoms in total. The molecule has 2 N–H and O–H groups in total. The average molecular weight is 189 g/mol. The minimum Gasteiger partial charge on any atom is -0.386 e. The van der Waals surface area contributed by atoms with Crippen molar-refractivity contribution in [2.45, 2.75) is 0 Å². The molecular formula is C10H8FN3. The van der Waals surface area contributed by atoms with Crippen LogP contribution in [-0.4, -0.2) is 17.0 Å². The molecule has 2 aromatic rings. The number of halogens is 1. The maximum Gasteiger partial charge on any atom is 0.150 e. The van der Waals surface area contributed by atoms with Crippen LogP contribution in [0.2, 0.25) is 0 Å². The summed E-state index contributed by atoms with van der Waals surface area (Å²) < 4.78 is 13.1. The number of rotatable bonds is 1. The van der Waals surface area contributed by atoms with Gasteiger partial charge in [0.05, 0.1) is 11.1 Å². The largest absolute Gasteiger partial charge is 0.386 e. The standard InChI is InChI=1S/C10H8FN3/c1-3-8-9(12-2)4-6-7(11)5-13-10(6)14-8/h1,4-5,12H,2H3,(H,13,14). The third-order valence-electron chi connectivity index (χ3n) is 2.02. The number of nitrogens with zero attached hydrogens (tertiary/aromatic N) is 1. The van der Waals surface area contributed by atoms with E-state index in [0.717, 1.165) is 0 Å². The molecule has 70 valence electrons. The van der Waals surface area contributed by atoms with Gasteiger partial charge in [0.1, 0.15) is 17.2 Å². The normalized spacial score (nSPS) is 10.1. The van der Waals surface area contributed by atoms with Crippen LogP contribution in [0.5, 0.6) is 0 Å². The van der Waals surface area contributed by atoms with Crippen molar-refractivity contribution in [3.63, 3.8) is 0 Å². The molecule has 0 saturated heterocycles. The van der Waals surface area contributed by atoms with Crippen molar-refractivity contribution >= 4 is 16.7 Å². The van der Waals surface area contributed by atoms with Crippen molar-refractivity contribution in [1.82, 2.24) is 9.97 Å². The summed E-state index contributed by atoms with van der Waals surface area (Å²) in [5.74, 6) is 2.11. The van der Waals surface area contributed by atoms with Crippen LogP contribution < -0.4 is 5.32 Å². The van der Waals surface area contributed by atoms with Gasteiger partial charge in [0.2, 0.25) is 0 Å². The first-order chi connectivity index (χ1) is 6.76. The molecule has 2 aromatic heterocycles. The number of aromatic amines is 1. The maximum atomic E-state index is 13.1. The Morgan fingerprint density at radius 3 is 3.07 bits per heavy atom. The van der Waals surface area contributed by atoms with Crippen LogP contribution in [0.15, 0.2) is 12.3 Å². The molecule has 2 heterocycles. The monoisotopic (exact) mass is 189 g/mol. The molecule has 0 radical (unpaired) electrons. The van der Waals surface area contributed by atoms with E-state index in [9.17, 15) is 4.39 Å². The van der Waals surface area contributed by atoms with E-state index >= 15 is 0 Å². The molecule has 14 heavy (non-hydrogen) atoms. The first-order valence-electron chi connectivity index (χ1n) is 4.08. The summed E-state index contributed by atoms with van der Waals surface area (Å²) in [5.41, 5.74) is 1.59. The van der Waals surface area contributed by atoms with E-state index in [2.05, 4.69) is 21.2 Å². The molecule has 0 bridgehead atoms. The molecule has 0 spiro atoms. The Morgan fingerprint density at radius 1 is 1.64 bits per heavy atom. The number of hydrogen-bond acceptors (Lipinski definition) is 2. The molecule has 4 heteroatoms. The van der Waals surface area contributed by atoms with E-state index in [4.69, 9.17) is 6.42 Å². The lowest BCUT2D eigenvalue weighted by Gasteiger charge is -2.02. The van der Waals surface area contributed by atoms with Gasteiger partial charge < -0.3 is 10.3 Å². The van der Waals surface area contributed by atoms with Crippen LogP contribution in [0.3, 0.4) is 0 Å². The van der Waals surface area contributed by atoms with Crippen LogP contribution in [-0.2, 0) is 0 Å². The van der Waals surface area contributed by atoms with E-state index in [0.29, 0.717) is 22.4 Å². The van der Waals surface area contributed by atoms with Gasteiger partial charge in [-0.3, -0.25) is 0 Å². The van der Waals surface area contributed by atoms with E-state index in [-0.39, 0.29) is 5.82 Å². The third-order valence-corrected chi connectivity index (χ3v) is 2.02. The molecule has 0 atom stereocenters. The van der Waals surface area contributed by atoms with Gasteiger partial charge >= 0.3 is 0 Å². The molecular weight excluding hydrogens is 181 g/mol. The Balaban J connectivity index is 2.79. The van der Waals surface area contributed by atoms with Crippen LogP contribution in [0.25, 0.3) is 11.0 Å². The second-order valence-electron chi connectivity index (χ2n) is 2.81. The fourth-order valence-electron chi connectivity index (χ4n) is 1.32. The average Bonchev–Trinajstić information content (AvgIpc) is 2.58.